The van der Waals surface area contributed by atoms with Gasteiger partial charge in [-0.3, -0.25) is 13.9 Å². The average molecular weight is 658 g/mol. The summed E-state index contributed by atoms with van der Waals surface area (Å²) in [4.78, 5) is 31.7. The van der Waals surface area contributed by atoms with E-state index in [-0.39, 0.29) is 18.3 Å². The van der Waals surface area contributed by atoms with Gasteiger partial charge in [-0.15, -0.1) is 11.3 Å². The van der Waals surface area contributed by atoms with Crippen LogP contribution in [-0.4, -0.2) is 43.3 Å². The zero-order valence-electron chi connectivity index (χ0n) is 22.0. The van der Waals surface area contributed by atoms with Crippen LogP contribution < -0.4 is 0 Å². The van der Waals surface area contributed by atoms with Crippen LogP contribution in [0.4, 0.5) is 4.79 Å². The lowest BCUT2D eigenvalue weighted by Gasteiger charge is -2.19. The van der Waals surface area contributed by atoms with Crippen LogP contribution in [0.1, 0.15) is 61.2 Å². The lowest BCUT2D eigenvalue weighted by atomic mass is 10.1. The number of aliphatic hydroxyl groups excluding tert-OH is 1. The molecule has 0 bridgehead atoms. The number of benzene rings is 2. The van der Waals surface area contributed by atoms with Gasteiger partial charge in [0.15, 0.2) is 5.82 Å². The molecule has 5 rings (SSSR count). The largest absolute Gasteiger partial charge is 0.443 e. The molecule has 202 valence electrons. The summed E-state index contributed by atoms with van der Waals surface area (Å²) in [6.45, 7) is 7.68. The third-order valence-electron chi connectivity index (χ3n) is 6.20. The maximum atomic E-state index is 14.1. The highest BCUT2D eigenvalue weighted by atomic mass is 127. The van der Waals surface area contributed by atoms with E-state index in [1.807, 2.05) is 65.2 Å². The van der Waals surface area contributed by atoms with Crippen LogP contribution in [0.3, 0.4) is 0 Å². The van der Waals surface area contributed by atoms with Gasteiger partial charge in [0.1, 0.15) is 22.1 Å². The molecule has 0 aliphatic heterocycles. The molecule has 0 saturated heterocycles. The van der Waals surface area contributed by atoms with E-state index < -0.39 is 17.8 Å². The summed E-state index contributed by atoms with van der Waals surface area (Å²) in [5.41, 5.74) is 1.38. The molecular weight excluding hydrogens is 629 g/mol. The highest BCUT2D eigenvalue weighted by Gasteiger charge is 2.31. The molecule has 0 spiro atoms. The van der Waals surface area contributed by atoms with E-state index in [4.69, 9.17) is 9.47 Å². The number of imidazole rings is 1. The van der Waals surface area contributed by atoms with Gasteiger partial charge in [0.2, 0.25) is 5.78 Å². The molecule has 1 unspecified atom stereocenters. The lowest BCUT2D eigenvalue weighted by Crippen LogP contribution is -2.26. The second-order valence-electron chi connectivity index (χ2n) is 9.99. The van der Waals surface area contributed by atoms with Crippen LogP contribution >= 0.6 is 33.9 Å². The molecule has 39 heavy (non-hydrogen) atoms. The number of carbonyl (C=O) groups is 2. The summed E-state index contributed by atoms with van der Waals surface area (Å²) in [7, 11) is 0. The maximum Gasteiger partial charge on any atom is 0.419 e. The van der Waals surface area contributed by atoms with E-state index in [0.717, 1.165) is 15.6 Å². The first kappa shape index (κ1) is 27.5. The number of fused-ring (bicyclic) bond motifs is 2. The molecule has 3 aromatic heterocycles. The molecule has 10 heteroatoms. The number of ether oxygens (including phenoxy) is 2. The predicted octanol–water partition coefficient (Wildman–Crippen LogP) is 6.75. The first-order chi connectivity index (χ1) is 18.6. The minimum Gasteiger partial charge on any atom is -0.443 e. The number of rotatable bonds is 7. The molecule has 8 nitrogen and oxygen atoms in total. The molecule has 0 aliphatic carbocycles. The Balaban J connectivity index is 1.62. The monoisotopic (exact) mass is 657 g/mol. The van der Waals surface area contributed by atoms with Gasteiger partial charge >= 0.3 is 6.09 Å². The molecule has 0 amide bonds. The Morgan fingerprint density at radius 3 is 2.51 bits per heavy atom. The number of hydrogen-bond donors (Lipinski definition) is 1. The van der Waals surface area contributed by atoms with Gasteiger partial charge in [-0.25, -0.2) is 9.78 Å². The van der Waals surface area contributed by atoms with E-state index in [9.17, 15) is 14.7 Å². The van der Waals surface area contributed by atoms with Crippen LogP contribution in [0.2, 0.25) is 0 Å². The second kappa shape index (κ2) is 10.8. The zero-order valence-corrected chi connectivity index (χ0v) is 24.9. The van der Waals surface area contributed by atoms with Gasteiger partial charge in [-0.1, -0.05) is 36.4 Å². The van der Waals surface area contributed by atoms with E-state index in [2.05, 4.69) is 4.98 Å². The van der Waals surface area contributed by atoms with Crippen molar-refractivity contribution in [3.63, 3.8) is 0 Å². The first-order valence-corrected chi connectivity index (χ1v) is 14.4. The smallest absolute Gasteiger partial charge is 0.419 e. The second-order valence-corrected chi connectivity index (χ2v) is 11.9. The Labute approximate surface area is 243 Å². The zero-order chi connectivity index (χ0) is 27.9. The van der Waals surface area contributed by atoms with E-state index in [0.29, 0.717) is 32.5 Å². The maximum absolute atomic E-state index is 14.1. The SMILES string of the molecule is CCOCn1c(C(=O)c2cn(C(=O)OC(C)(C)C)c3ccccc23)nc(I)c1C(O)c1csc2ccccc12. The van der Waals surface area contributed by atoms with Gasteiger partial charge < -0.3 is 14.6 Å². The van der Waals surface area contributed by atoms with Crippen molar-refractivity contribution in [1.29, 1.82) is 0 Å². The Kier molecular flexibility index (Phi) is 7.64. The fourth-order valence-electron chi connectivity index (χ4n) is 4.48. The van der Waals surface area contributed by atoms with Gasteiger partial charge in [-0.05, 0) is 73.2 Å². The summed E-state index contributed by atoms with van der Waals surface area (Å²) in [5, 5.41) is 15.0. The summed E-state index contributed by atoms with van der Waals surface area (Å²) in [6, 6.07) is 15.0. The van der Waals surface area contributed by atoms with Crippen molar-refractivity contribution in [2.45, 2.75) is 46.1 Å². The average Bonchev–Trinajstić information content (AvgIpc) is 3.59. The number of aliphatic hydroxyl groups is 1. The van der Waals surface area contributed by atoms with Crippen molar-refractivity contribution >= 4 is 66.8 Å². The van der Waals surface area contributed by atoms with Crippen molar-refractivity contribution in [2.75, 3.05) is 6.61 Å². The number of hydrogen-bond acceptors (Lipinski definition) is 7. The third-order valence-corrected chi connectivity index (χ3v) is 7.98. The normalized spacial score (nSPS) is 12.8. The fraction of sp³-hybridized carbons (Fsp3) is 0.276. The molecule has 5 aromatic rings. The highest BCUT2D eigenvalue weighted by Crippen LogP contribution is 2.36. The van der Waals surface area contributed by atoms with Gasteiger partial charge in [0, 0.05) is 28.5 Å². The first-order valence-electron chi connectivity index (χ1n) is 12.5. The molecular formula is C29H28IN3O5S. The van der Waals surface area contributed by atoms with Crippen molar-refractivity contribution in [3.05, 3.63) is 86.5 Å². The molecule has 3 heterocycles. The number of para-hydroxylation sites is 1. The number of nitrogens with zero attached hydrogens (tertiary/aromatic N) is 3. The standard InChI is InChI=1S/C29H28IN3O5S/c1-5-37-16-33-23(24(34)20-15-39-22-13-9-7-11-18(20)22)26(30)31-27(33)25(35)19-14-32(28(36)38-29(2,3)4)21-12-8-6-10-17(19)21/h6-15,24,34H,5,16H2,1-4H3. The van der Waals surface area contributed by atoms with E-state index >= 15 is 0 Å². The minimum absolute atomic E-state index is 0.0345. The van der Waals surface area contributed by atoms with E-state index in [1.54, 1.807) is 54.9 Å². The van der Waals surface area contributed by atoms with Gasteiger partial charge in [-0.2, -0.15) is 0 Å². The molecule has 0 aliphatic rings. The summed E-state index contributed by atoms with van der Waals surface area (Å²) < 4.78 is 15.8. The number of halogens is 1. The summed E-state index contributed by atoms with van der Waals surface area (Å²) >= 11 is 3.60. The van der Waals surface area contributed by atoms with Crippen LogP contribution in [0, 0.1) is 3.70 Å². The molecule has 1 atom stereocenters. The topological polar surface area (TPSA) is 95.6 Å². The Bertz CT molecular complexity index is 1690. The lowest BCUT2D eigenvalue weighted by molar-refractivity contribution is 0.0544. The Morgan fingerprint density at radius 2 is 1.79 bits per heavy atom. The highest BCUT2D eigenvalue weighted by molar-refractivity contribution is 14.1. The summed E-state index contributed by atoms with van der Waals surface area (Å²) in [6.07, 6.45) is -0.105. The molecule has 2 aromatic carbocycles. The Hall–Kier alpha value is -3.06. The van der Waals surface area contributed by atoms with Crippen molar-refractivity contribution in [2.24, 2.45) is 0 Å². The number of thiophene rings is 1. The van der Waals surface area contributed by atoms with Crippen LogP contribution in [-0.2, 0) is 16.2 Å². The van der Waals surface area contributed by atoms with Crippen LogP contribution in [0.5, 0.6) is 0 Å². The van der Waals surface area contributed by atoms with Gasteiger partial charge in [0.25, 0.3) is 0 Å². The molecule has 0 saturated carbocycles. The number of aromatic nitrogens is 3. The van der Waals surface area contributed by atoms with Crippen molar-refractivity contribution in [1.82, 2.24) is 14.1 Å². The van der Waals surface area contributed by atoms with Crippen molar-refractivity contribution < 1.29 is 24.2 Å². The predicted molar refractivity (Wildman–Crippen MR) is 159 cm³/mol. The third kappa shape index (κ3) is 5.25. The number of ketones is 1. The molecule has 0 radical (unpaired) electrons. The minimum atomic E-state index is -1.02. The molecule has 1 N–H and O–H groups in total. The van der Waals surface area contributed by atoms with Gasteiger partial charge in [0.05, 0.1) is 16.8 Å². The summed E-state index contributed by atoms with van der Waals surface area (Å²) in [5.74, 6) is -0.270. The fourth-order valence-corrected chi connectivity index (χ4v) is 6.28. The van der Waals surface area contributed by atoms with Crippen LogP contribution in [0.25, 0.3) is 21.0 Å². The van der Waals surface area contributed by atoms with Crippen molar-refractivity contribution in [3.8, 4) is 0 Å². The van der Waals surface area contributed by atoms with Crippen LogP contribution in [0.15, 0.2) is 60.1 Å². The molecule has 0 fully saturated rings. The Morgan fingerprint density at radius 1 is 1.10 bits per heavy atom. The number of carbonyl (C=O) groups excluding carboxylic acids is 2. The van der Waals surface area contributed by atoms with E-state index in [1.165, 1.54) is 10.8 Å². The quantitative estimate of drug-likeness (QED) is 0.154.